The minimum absolute atomic E-state index is 0.0573. The predicted octanol–water partition coefficient (Wildman–Crippen LogP) is 2.32. The van der Waals surface area contributed by atoms with E-state index in [9.17, 15) is 4.79 Å². The number of Topliss-reactive ketones (excluding diaryl/α,β-unsaturated/α-hetero) is 1. The molecule has 0 N–H and O–H groups in total. The minimum atomic E-state index is -0.525. The van der Waals surface area contributed by atoms with Gasteiger partial charge in [-0.25, -0.2) is 0 Å². The van der Waals surface area contributed by atoms with Crippen molar-refractivity contribution >= 4 is 17.4 Å². The van der Waals surface area contributed by atoms with Crippen LogP contribution in [0.3, 0.4) is 0 Å². The number of hydrogen-bond acceptors (Lipinski definition) is 3. The van der Waals surface area contributed by atoms with Crippen LogP contribution < -0.4 is 4.74 Å². The monoisotopic (exact) mass is 228 g/mol. The van der Waals surface area contributed by atoms with E-state index in [2.05, 4.69) is 0 Å². The Bertz CT molecular complexity index is 338. The van der Waals surface area contributed by atoms with E-state index < -0.39 is 6.10 Å². The van der Waals surface area contributed by atoms with Crippen molar-refractivity contribution in [1.82, 2.24) is 0 Å². The topological polar surface area (TPSA) is 35.5 Å². The molecule has 1 aromatic rings. The molecule has 0 aliphatic carbocycles. The lowest BCUT2D eigenvalue weighted by molar-refractivity contribution is -0.128. The zero-order chi connectivity index (χ0) is 11.3. The number of ether oxygens (including phenoxy) is 2. The van der Waals surface area contributed by atoms with E-state index in [1.54, 1.807) is 31.2 Å². The summed E-state index contributed by atoms with van der Waals surface area (Å²) in [5.74, 6) is 0.483. The summed E-state index contributed by atoms with van der Waals surface area (Å²) in [5, 5.41) is 0.582. The van der Waals surface area contributed by atoms with Gasteiger partial charge in [0.25, 0.3) is 0 Å². The Morgan fingerprint density at radius 3 is 2.87 bits per heavy atom. The molecular weight excluding hydrogens is 216 g/mol. The molecule has 0 aliphatic rings. The van der Waals surface area contributed by atoms with Crippen LogP contribution in [0.15, 0.2) is 24.3 Å². The summed E-state index contributed by atoms with van der Waals surface area (Å²) in [5.41, 5.74) is 0. The molecule has 0 fully saturated rings. The highest BCUT2D eigenvalue weighted by molar-refractivity contribution is 6.30. The maximum absolute atomic E-state index is 11.3. The van der Waals surface area contributed by atoms with E-state index in [1.165, 1.54) is 7.11 Å². The first-order valence-corrected chi connectivity index (χ1v) is 4.95. The van der Waals surface area contributed by atoms with Gasteiger partial charge in [0.05, 0.1) is 0 Å². The van der Waals surface area contributed by atoms with Gasteiger partial charge < -0.3 is 9.47 Å². The largest absolute Gasteiger partial charge is 0.483 e. The Balaban J connectivity index is 2.58. The lowest BCUT2D eigenvalue weighted by atomic mass is 10.2. The molecule has 0 aromatic heterocycles. The molecular formula is C11H13ClO3. The zero-order valence-electron chi connectivity index (χ0n) is 8.70. The molecule has 1 atom stereocenters. The van der Waals surface area contributed by atoms with E-state index in [4.69, 9.17) is 21.1 Å². The van der Waals surface area contributed by atoms with E-state index >= 15 is 0 Å². The standard InChI is InChI=1S/C11H13ClO3/c1-8(11(13)7-14-2)15-10-5-3-4-9(12)6-10/h3-6,8H,7H2,1-2H3. The Hall–Kier alpha value is -1.06. The number of hydrogen-bond donors (Lipinski definition) is 0. The maximum Gasteiger partial charge on any atom is 0.198 e. The van der Waals surface area contributed by atoms with Crippen molar-refractivity contribution in [3.63, 3.8) is 0 Å². The Kier molecular flexibility index (Phi) is 4.59. The first-order valence-electron chi connectivity index (χ1n) is 4.57. The van der Waals surface area contributed by atoms with Crippen molar-refractivity contribution in [2.24, 2.45) is 0 Å². The van der Waals surface area contributed by atoms with Gasteiger partial charge in [-0.1, -0.05) is 17.7 Å². The lowest BCUT2D eigenvalue weighted by Gasteiger charge is -2.13. The normalized spacial score (nSPS) is 12.2. The van der Waals surface area contributed by atoms with Crippen LogP contribution in [0.25, 0.3) is 0 Å². The van der Waals surface area contributed by atoms with Gasteiger partial charge >= 0.3 is 0 Å². The van der Waals surface area contributed by atoms with Crippen molar-refractivity contribution in [3.05, 3.63) is 29.3 Å². The molecule has 0 amide bonds. The SMILES string of the molecule is COCC(=O)C(C)Oc1cccc(Cl)c1. The molecule has 1 aromatic carbocycles. The van der Waals surface area contributed by atoms with Gasteiger partial charge in [0, 0.05) is 12.1 Å². The van der Waals surface area contributed by atoms with Crippen molar-refractivity contribution in [2.45, 2.75) is 13.0 Å². The summed E-state index contributed by atoms with van der Waals surface area (Å²) in [7, 11) is 1.48. The van der Waals surface area contributed by atoms with Crippen molar-refractivity contribution in [2.75, 3.05) is 13.7 Å². The summed E-state index contributed by atoms with van der Waals surface area (Å²) in [6.45, 7) is 1.74. The number of methoxy groups -OCH3 is 1. The summed E-state index contributed by atoms with van der Waals surface area (Å²) in [6, 6.07) is 6.93. The van der Waals surface area contributed by atoms with Gasteiger partial charge in [-0.05, 0) is 25.1 Å². The minimum Gasteiger partial charge on any atom is -0.483 e. The van der Waals surface area contributed by atoms with Crippen LogP contribution >= 0.6 is 11.6 Å². The fourth-order valence-corrected chi connectivity index (χ4v) is 1.25. The van der Waals surface area contributed by atoms with Crippen LogP contribution in [0.1, 0.15) is 6.92 Å². The molecule has 0 spiro atoms. The van der Waals surface area contributed by atoms with Crippen LogP contribution in [0.5, 0.6) is 5.75 Å². The van der Waals surface area contributed by atoms with Gasteiger partial charge in [-0.3, -0.25) is 4.79 Å². The van der Waals surface area contributed by atoms with Gasteiger partial charge in [0.1, 0.15) is 12.4 Å². The number of benzene rings is 1. The molecule has 1 rings (SSSR count). The summed E-state index contributed by atoms with van der Waals surface area (Å²) in [6.07, 6.45) is -0.525. The summed E-state index contributed by atoms with van der Waals surface area (Å²) < 4.78 is 10.1. The van der Waals surface area contributed by atoms with E-state index in [0.717, 1.165) is 0 Å². The molecule has 1 unspecified atom stereocenters. The average molecular weight is 229 g/mol. The Labute approximate surface area is 93.9 Å². The second kappa shape index (κ2) is 5.73. The highest BCUT2D eigenvalue weighted by Gasteiger charge is 2.13. The Morgan fingerprint density at radius 2 is 2.27 bits per heavy atom. The first kappa shape index (κ1) is 12.0. The molecule has 0 heterocycles. The van der Waals surface area contributed by atoms with Gasteiger partial charge in [-0.15, -0.1) is 0 Å². The molecule has 0 saturated heterocycles. The van der Waals surface area contributed by atoms with Gasteiger partial charge in [0.15, 0.2) is 11.9 Å². The fraction of sp³-hybridized carbons (Fsp3) is 0.364. The second-order valence-electron chi connectivity index (χ2n) is 3.12. The van der Waals surface area contributed by atoms with Crippen LogP contribution in [-0.4, -0.2) is 25.6 Å². The number of halogens is 1. The number of carbonyl (C=O) groups excluding carboxylic acids is 1. The highest BCUT2D eigenvalue weighted by Crippen LogP contribution is 2.18. The second-order valence-corrected chi connectivity index (χ2v) is 3.55. The zero-order valence-corrected chi connectivity index (χ0v) is 9.45. The van der Waals surface area contributed by atoms with Crippen molar-refractivity contribution in [1.29, 1.82) is 0 Å². The third kappa shape index (κ3) is 3.90. The van der Waals surface area contributed by atoms with Crippen LogP contribution in [0.4, 0.5) is 0 Å². The number of rotatable bonds is 5. The third-order valence-electron chi connectivity index (χ3n) is 1.85. The molecule has 0 aliphatic heterocycles. The molecule has 3 nitrogen and oxygen atoms in total. The molecule has 0 radical (unpaired) electrons. The highest BCUT2D eigenvalue weighted by atomic mass is 35.5. The van der Waals surface area contributed by atoms with Crippen LogP contribution in [0, 0.1) is 0 Å². The molecule has 15 heavy (non-hydrogen) atoms. The lowest BCUT2D eigenvalue weighted by Crippen LogP contribution is -2.27. The van der Waals surface area contributed by atoms with Gasteiger partial charge in [-0.2, -0.15) is 0 Å². The third-order valence-corrected chi connectivity index (χ3v) is 2.08. The van der Waals surface area contributed by atoms with E-state index in [1.807, 2.05) is 0 Å². The fourth-order valence-electron chi connectivity index (χ4n) is 1.07. The summed E-state index contributed by atoms with van der Waals surface area (Å²) in [4.78, 5) is 11.3. The molecule has 0 bridgehead atoms. The van der Waals surface area contributed by atoms with Crippen LogP contribution in [0.2, 0.25) is 5.02 Å². The first-order chi connectivity index (χ1) is 7.13. The molecule has 0 saturated carbocycles. The predicted molar refractivity (Wildman–Crippen MR) is 58.4 cm³/mol. The number of ketones is 1. The smallest absolute Gasteiger partial charge is 0.198 e. The van der Waals surface area contributed by atoms with Crippen LogP contribution in [-0.2, 0) is 9.53 Å². The maximum atomic E-state index is 11.3. The molecule has 4 heteroatoms. The van der Waals surface area contributed by atoms with Crippen molar-refractivity contribution < 1.29 is 14.3 Å². The van der Waals surface area contributed by atoms with E-state index in [-0.39, 0.29) is 12.4 Å². The van der Waals surface area contributed by atoms with Gasteiger partial charge in [0.2, 0.25) is 0 Å². The van der Waals surface area contributed by atoms with E-state index in [0.29, 0.717) is 10.8 Å². The Morgan fingerprint density at radius 1 is 1.53 bits per heavy atom. The summed E-state index contributed by atoms with van der Waals surface area (Å²) >= 11 is 5.78. The van der Waals surface area contributed by atoms with Crippen molar-refractivity contribution in [3.8, 4) is 5.75 Å². The average Bonchev–Trinajstić information content (AvgIpc) is 2.18. The molecule has 82 valence electrons. The quantitative estimate of drug-likeness (QED) is 0.776. The number of carbonyl (C=O) groups is 1.